The van der Waals surface area contributed by atoms with Crippen LogP contribution in [0.15, 0.2) is 42.5 Å². The Kier molecular flexibility index (Phi) is 7.34. The number of hydrogen-bond acceptors (Lipinski definition) is 4. The van der Waals surface area contributed by atoms with Gasteiger partial charge >= 0.3 is 5.97 Å². The maximum Gasteiger partial charge on any atom is 0.328 e. The Labute approximate surface area is 159 Å². The average Bonchev–Trinajstić information content (AvgIpc) is 2.65. The molecule has 0 radical (unpaired) electrons. The number of ether oxygens (including phenoxy) is 1. The summed E-state index contributed by atoms with van der Waals surface area (Å²) in [6.45, 7) is 3.72. The summed E-state index contributed by atoms with van der Waals surface area (Å²) in [4.78, 5) is 36.1. The van der Waals surface area contributed by atoms with Crippen molar-refractivity contribution in [3.8, 4) is 0 Å². The molecular formula is C21H26N2O4. The fraction of sp³-hybridized carbons (Fsp3) is 0.381. The smallest absolute Gasteiger partial charge is 0.328 e. The molecule has 0 saturated heterocycles. The molecule has 6 nitrogen and oxygen atoms in total. The van der Waals surface area contributed by atoms with E-state index in [2.05, 4.69) is 10.6 Å². The number of carbonyl (C=O) groups is 3. The zero-order chi connectivity index (χ0) is 19.8. The van der Waals surface area contributed by atoms with Gasteiger partial charge in [0.05, 0.1) is 20.1 Å². The van der Waals surface area contributed by atoms with Crippen LogP contribution in [0.4, 0.5) is 0 Å². The van der Waals surface area contributed by atoms with Gasteiger partial charge in [0.15, 0.2) is 0 Å². The highest BCUT2D eigenvalue weighted by molar-refractivity contribution is 5.92. The molecule has 0 saturated carbocycles. The maximum absolute atomic E-state index is 12.2. The minimum atomic E-state index is -0.711. The van der Waals surface area contributed by atoms with E-state index in [9.17, 15) is 14.4 Å². The van der Waals surface area contributed by atoms with Gasteiger partial charge in [0.25, 0.3) is 0 Å². The van der Waals surface area contributed by atoms with E-state index in [1.165, 1.54) is 7.11 Å². The summed E-state index contributed by atoms with van der Waals surface area (Å²) in [5.41, 5.74) is 0.901. The number of nitrogens with one attached hydrogen (secondary N) is 2. The van der Waals surface area contributed by atoms with E-state index in [0.29, 0.717) is 6.42 Å². The average molecular weight is 370 g/mol. The minimum absolute atomic E-state index is 0.182. The summed E-state index contributed by atoms with van der Waals surface area (Å²) in [6, 6.07) is 12.9. The molecule has 2 aromatic rings. The lowest BCUT2D eigenvalue weighted by atomic mass is 10.0. The number of benzene rings is 2. The fourth-order valence-corrected chi connectivity index (χ4v) is 2.93. The Morgan fingerprint density at radius 3 is 2.41 bits per heavy atom. The molecule has 27 heavy (non-hydrogen) atoms. The Balaban J connectivity index is 1.90. The Morgan fingerprint density at radius 2 is 1.70 bits per heavy atom. The second kappa shape index (κ2) is 9.71. The van der Waals surface area contributed by atoms with Crippen molar-refractivity contribution in [1.29, 1.82) is 0 Å². The molecular weight excluding hydrogens is 344 g/mol. The predicted octanol–water partition coefficient (Wildman–Crippen LogP) is 2.20. The molecule has 0 fully saturated rings. The summed E-state index contributed by atoms with van der Waals surface area (Å²) >= 11 is 0. The summed E-state index contributed by atoms with van der Waals surface area (Å²) in [7, 11) is 1.29. The lowest BCUT2D eigenvalue weighted by molar-refractivity contribution is -0.145. The number of methoxy groups -OCH3 is 1. The first kappa shape index (κ1) is 20.4. The van der Waals surface area contributed by atoms with Crippen LogP contribution in [0, 0.1) is 5.92 Å². The van der Waals surface area contributed by atoms with Crippen LogP contribution in [0.1, 0.15) is 25.8 Å². The molecule has 1 atom stereocenters. The van der Waals surface area contributed by atoms with Crippen molar-refractivity contribution in [2.45, 2.75) is 32.7 Å². The third kappa shape index (κ3) is 6.09. The number of hydrogen-bond donors (Lipinski definition) is 2. The largest absolute Gasteiger partial charge is 0.467 e. The third-order valence-corrected chi connectivity index (χ3v) is 4.21. The zero-order valence-corrected chi connectivity index (χ0v) is 16.0. The van der Waals surface area contributed by atoms with Crippen LogP contribution >= 0.6 is 0 Å². The van der Waals surface area contributed by atoms with E-state index >= 15 is 0 Å². The van der Waals surface area contributed by atoms with E-state index in [4.69, 9.17) is 4.74 Å². The summed E-state index contributed by atoms with van der Waals surface area (Å²) < 4.78 is 4.72. The molecule has 0 unspecified atom stereocenters. The number of rotatable bonds is 8. The highest BCUT2D eigenvalue weighted by Gasteiger charge is 2.22. The Bertz CT molecular complexity index is 811. The first-order chi connectivity index (χ1) is 12.9. The van der Waals surface area contributed by atoms with Crippen molar-refractivity contribution in [3.05, 3.63) is 48.0 Å². The van der Waals surface area contributed by atoms with E-state index in [-0.39, 0.29) is 24.8 Å². The SMILES string of the molecule is COC(=O)[C@H](CC(C)C)NC(=O)CNC(=O)Cc1cccc2ccccc12. The van der Waals surface area contributed by atoms with Gasteiger partial charge in [-0.25, -0.2) is 4.79 Å². The van der Waals surface area contributed by atoms with Gasteiger partial charge in [-0.05, 0) is 28.7 Å². The highest BCUT2D eigenvalue weighted by Crippen LogP contribution is 2.18. The molecule has 6 heteroatoms. The van der Waals surface area contributed by atoms with Crippen molar-refractivity contribution < 1.29 is 19.1 Å². The maximum atomic E-state index is 12.2. The lowest BCUT2D eigenvalue weighted by Gasteiger charge is -2.18. The molecule has 0 aliphatic carbocycles. The first-order valence-electron chi connectivity index (χ1n) is 9.01. The van der Waals surface area contributed by atoms with Crippen molar-refractivity contribution in [1.82, 2.24) is 10.6 Å². The number of carbonyl (C=O) groups excluding carboxylic acids is 3. The minimum Gasteiger partial charge on any atom is -0.467 e. The molecule has 2 N–H and O–H groups in total. The second-order valence-electron chi connectivity index (χ2n) is 6.86. The van der Waals surface area contributed by atoms with Crippen LogP contribution in [0.25, 0.3) is 10.8 Å². The molecule has 0 bridgehead atoms. The van der Waals surface area contributed by atoms with Crippen molar-refractivity contribution in [2.75, 3.05) is 13.7 Å². The van der Waals surface area contributed by atoms with Gasteiger partial charge < -0.3 is 15.4 Å². The van der Waals surface area contributed by atoms with E-state index in [1.54, 1.807) is 0 Å². The highest BCUT2D eigenvalue weighted by atomic mass is 16.5. The van der Waals surface area contributed by atoms with Crippen LogP contribution in [-0.4, -0.2) is 37.5 Å². The van der Waals surface area contributed by atoms with Gasteiger partial charge in [0.2, 0.25) is 11.8 Å². The molecule has 144 valence electrons. The van der Waals surface area contributed by atoms with Gasteiger partial charge in [0.1, 0.15) is 6.04 Å². The fourth-order valence-electron chi connectivity index (χ4n) is 2.93. The summed E-state index contributed by atoms with van der Waals surface area (Å²) in [5.74, 6) is -0.938. The first-order valence-corrected chi connectivity index (χ1v) is 9.01. The Hall–Kier alpha value is -2.89. The Morgan fingerprint density at radius 1 is 1.00 bits per heavy atom. The van der Waals surface area contributed by atoms with E-state index in [0.717, 1.165) is 16.3 Å². The molecule has 0 aliphatic rings. The van der Waals surface area contributed by atoms with E-state index in [1.807, 2.05) is 56.3 Å². The monoisotopic (exact) mass is 370 g/mol. The zero-order valence-electron chi connectivity index (χ0n) is 16.0. The van der Waals surface area contributed by atoms with Gasteiger partial charge in [-0.2, -0.15) is 0 Å². The summed E-state index contributed by atoms with van der Waals surface area (Å²) in [6.07, 6.45) is 0.656. The normalized spacial score (nSPS) is 11.9. The van der Waals surface area contributed by atoms with Gasteiger partial charge in [-0.15, -0.1) is 0 Å². The standard InChI is InChI=1S/C21H26N2O4/c1-14(2)11-18(21(26)27-3)23-20(25)13-22-19(24)12-16-9-6-8-15-7-4-5-10-17(15)16/h4-10,14,18H,11-13H2,1-3H3,(H,22,24)(H,23,25)/t18-/m0/s1. The van der Waals surface area contributed by atoms with Crippen LogP contribution in [0.2, 0.25) is 0 Å². The lowest BCUT2D eigenvalue weighted by Crippen LogP contribution is -2.46. The topological polar surface area (TPSA) is 84.5 Å². The molecule has 2 aromatic carbocycles. The van der Waals surface area contributed by atoms with Crippen molar-refractivity contribution in [3.63, 3.8) is 0 Å². The number of amides is 2. The number of esters is 1. The molecule has 0 aromatic heterocycles. The van der Waals surface area contributed by atoms with Crippen LogP contribution in [0.5, 0.6) is 0 Å². The van der Waals surface area contributed by atoms with Crippen molar-refractivity contribution >= 4 is 28.6 Å². The van der Waals surface area contributed by atoms with Gasteiger partial charge in [0, 0.05) is 0 Å². The van der Waals surface area contributed by atoms with Crippen LogP contribution in [-0.2, 0) is 25.5 Å². The van der Waals surface area contributed by atoms with Crippen molar-refractivity contribution in [2.24, 2.45) is 5.92 Å². The molecule has 0 spiro atoms. The van der Waals surface area contributed by atoms with Gasteiger partial charge in [-0.1, -0.05) is 56.3 Å². The third-order valence-electron chi connectivity index (χ3n) is 4.21. The number of fused-ring (bicyclic) bond motifs is 1. The quantitative estimate of drug-likeness (QED) is 0.698. The summed E-state index contributed by atoms with van der Waals surface area (Å²) in [5, 5.41) is 7.31. The molecule has 0 heterocycles. The van der Waals surface area contributed by atoms with Crippen LogP contribution < -0.4 is 10.6 Å². The van der Waals surface area contributed by atoms with E-state index < -0.39 is 17.9 Å². The molecule has 2 amide bonds. The molecule has 2 rings (SSSR count). The van der Waals surface area contributed by atoms with Crippen LogP contribution in [0.3, 0.4) is 0 Å². The van der Waals surface area contributed by atoms with Gasteiger partial charge in [-0.3, -0.25) is 9.59 Å². The second-order valence-corrected chi connectivity index (χ2v) is 6.86. The molecule has 0 aliphatic heterocycles. The predicted molar refractivity (Wildman–Crippen MR) is 104 cm³/mol.